The molecule has 3 aromatic rings. The van der Waals surface area contributed by atoms with Gasteiger partial charge in [0.1, 0.15) is 0 Å². The van der Waals surface area contributed by atoms with E-state index in [0.29, 0.717) is 17.8 Å². The summed E-state index contributed by atoms with van der Waals surface area (Å²) in [6.45, 7) is 4.93. The molecule has 2 aliphatic heterocycles. The van der Waals surface area contributed by atoms with Crippen molar-refractivity contribution >= 4 is 21.8 Å². The molecule has 170 valence electrons. The van der Waals surface area contributed by atoms with Gasteiger partial charge in [0.25, 0.3) is 5.91 Å². The third kappa shape index (κ3) is 5.07. The van der Waals surface area contributed by atoms with E-state index < -0.39 is 0 Å². The summed E-state index contributed by atoms with van der Waals surface area (Å²) in [6, 6.07) is 29.5. The van der Waals surface area contributed by atoms with E-state index in [1.807, 2.05) is 24.3 Å². The zero-order chi connectivity index (χ0) is 22.6. The predicted molar refractivity (Wildman–Crippen MR) is 138 cm³/mol. The van der Waals surface area contributed by atoms with Crippen molar-refractivity contribution in [3.63, 3.8) is 0 Å². The molecule has 0 saturated carbocycles. The van der Waals surface area contributed by atoms with E-state index in [1.54, 1.807) is 0 Å². The first-order chi connectivity index (χ1) is 16.2. The average Bonchev–Trinajstić information content (AvgIpc) is 3.29. The first kappa shape index (κ1) is 22.4. The monoisotopic (exact) mass is 502 g/mol. The van der Waals surface area contributed by atoms with Crippen molar-refractivity contribution in [1.82, 2.24) is 9.80 Å². The summed E-state index contributed by atoms with van der Waals surface area (Å²) in [5, 5.41) is 0. The van der Waals surface area contributed by atoms with Gasteiger partial charge in [0, 0.05) is 30.0 Å². The fraction of sp³-hybridized carbons (Fsp3) is 0.345. The summed E-state index contributed by atoms with van der Waals surface area (Å²) < 4.78 is 0.873. The normalized spacial score (nSPS) is 21.9. The van der Waals surface area contributed by atoms with Gasteiger partial charge in [0.05, 0.1) is 5.56 Å². The van der Waals surface area contributed by atoms with Crippen LogP contribution < -0.4 is 0 Å². The fourth-order valence-electron chi connectivity index (χ4n) is 5.61. The van der Waals surface area contributed by atoms with Crippen LogP contribution in [0.5, 0.6) is 0 Å². The van der Waals surface area contributed by atoms with E-state index >= 15 is 0 Å². The Hall–Kier alpha value is -2.43. The van der Waals surface area contributed by atoms with Gasteiger partial charge < -0.3 is 9.80 Å². The van der Waals surface area contributed by atoms with Gasteiger partial charge in [0.2, 0.25) is 0 Å². The minimum atomic E-state index is 0.133. The SMILES string of the molecule is O=C(c1ccccc1Br)N1CC(CN2CCC(c3ccccc3)CC2)C(c2ccccc2)C1. The second-order valence-corrected chi connectivity index (χ2v) is 10.3. The molecule has 2 atom stereocenters. The van der Waals surface area contributed by atoms with E-state index in [1.165, 1.54) is 24.0 Å². The van der Waals surface area contributed by atoms with Crippen LogP contribution in [-0.2, 0) is 0 Å². The zero-order valence-electron chi connectivity index (χ0n) is 18.9. The zero-order valence-corrected chi connectivity index (χ0v) is 20.5. The molecule has 33 heavy (non-hydrogen) atoms. The van der Waals surface area contributed by atoms with Gasteiger partial charge >= 0.3 is 0 Å². The van der Waals surface area contributed by atoms with Crippen LogP contribution in [0.15, 0.2) is 89.4 Å². The third-order valence-corrected chi connectivity index (χ3v) is 8.10. The van der Waals surface area contributed by atoms with E-state index in [0.717, 1.165) is 42.8 Å². The lowest BCUT2D eigenvalue weighted by Gasteiger charge is -2.34. The Morgan fingerprint density at radius 3 is 2.06 bits per heavy atom. The summed E-state index contributed by atoms with van der Waals surface area (Å²) in [7, 11) is 0. The Kier molecular flexibility index (Phi) is 6.93. The molecule has 0 aromatic heterocycles. The molecular formula is C29H31BrN2O. The standard InChI is InChI=1S/C29H31BrN2O/c30-28-14-8-7-13-26(28)29(33)32-20-25(27(21-32)24-11-5-2-6-12-24)19-31-17-15-23(16-18-31)22-9-3-1-4-10-22/h1-14,23,25,27H,15-21H2. The Morgan fingerprint density at radius 1 is 0.788 bits per heavy atom. The number of hydrogen-bond donors (Lipinski definition) is 0. The molecule has 0 N–H and O–H groups in total. The summed E-state index contributed by atoms with van der Waals surface area (Å²) >= 11 is 3.57. The molecule has 2 saturated heterocycles. The van der Waals surface area contributed by atoms with Crippen LogP contribution in [0, 0.1) is 5.92 Å². The van der Waals surface area contributed by atoms with Crippen molar-refractivity contribution in [2.45, 2.75) is 24.7 Å². The lowest BCUT2D eigenvalue weighted by Crippen LogP contribution is -2.38. The molecule has 0 radical (unpaired) electrons. The number of nitrogens with zero attached hydrogens (tertiary/aromatic N) is 2. The highest BCUT2D eigenvalue weighted by atomic mass is 79.9. The smallest absolute Gasteiger partial charge is 0.255 e. The maximum absolute atomic E-state index is 13.4. The molecule has 0 aliphatic carbocycles. The Morgan fingerprint density at radius 2 is 1.39 bits per heavy atom. The van der Waals surface area contributed by atoms with Crippen LogP contribution in [-0.4, -0.2) is 48.4 Å². The summed E-state index contributed by atoms with van der Waals surface area (Å²) in [6.07, 6.45) is 2.43. The summed E-state index contributed by atoms with van der Waals surface area (Å²) in [4.78, 5) is 18.1. The van der Waals surface area contributed by atoms with Crippen molar-refractivity contribution in [2.24, 2.45) is 5.92 Å². The van der Waals surface area contributed by atoms with Crippen LogP contribution >= 0.6 is 15.9 Å². The number of rotatable bonds is 5. The predicted octanol–water partition coefficient (Wildman–Crippen LogP) is 6.18. The lowest BCUT2D eigenvalue weighted by molar-refractivity contribution is 0.0780. The van der Waals surface area contributed by atoms with E-state index in [2.05, 4.69) is 86.4 Å². The molecule has 4 heteroatoms. The highest BCUT2D eigenvalue weighted by molar-refractivity contribution is 9.10. The maximum Gasteiger partial charge on any atom is 0.255 e. The van der Waals surface area contributed by atoms with Crippen LogP contribution in [0.2, 0.25) is 0 Å². The van der Waals surface area contributed by atoms with E-state index in [9.17, 15) is 4.79 Å². The molecular weight excluding hydrogens is 472 g/mol. The molecule has 2 heterocycles. The van der Waals surface area contributed by atoms with Crippen molar-refractivity contribution < 1.29 is 4.79 Å². The Labute approximate surface area is 205 Å². The van der Waals surface area contributed by atoms with Gasteiger partial charge in [-0.3, -0.25) is 4.79 Å². The molecule has 2 fully saturated rings. The Balaban J connectivity index is 1.29. The number of hydrogen-bond acceptors (Lipinski definition) is 2. The minimum absolute atomic E-state index is 0.133. The van der Waals surface area contributed by atoms with Crippen LogP contribution in [0.4, 0.5) is 0 Å². The minimum Gasteiger partial charge on any atom is -0.338 e. The molecule has 0 spiro atoms. The van der Waals surface area contributed by atoms with Gasteiger partial charge in [-0.1, -0.05) is 72.8 Å². The van der Waals surface area contributed by atoms with Gasteiger partial charge in [-0.05, 0) is 77.0 Å². The molecule has 0 bridgehead atoms. The number of likely N-dealkylation sites (tertiary alicyclic amines) is 2. The quantitative estimate of drug-likeness (QED) is 0.415. The van der Waals surface area contributed by atoms with Gasteiger partial charge in [0.15, 0.2) is 0 Å². The number of piperidine rings is 1. The molecule has 1 amide bonds. The van der Waals surface area contributed by atoms with Gasteiger partial charge in [-0.15, -0.1) is 0 Å². The number of benzene rings is 3. The number of carbonyl (C=O) groups excluding carboxylic acids is 1. The molecule has 3 nitrogen and oxygen atoms in total. The van der Waals surface area contributed by atoms with E-state index in [4.69, 9.17) is 0 Å². The second kappa shape index (κ2) is 10.2. The van der Waals surface area contributed by atoms with Crippen LogP contribution in [0.3, 0.4) is 0 Å². The van der Waals surface area contributed by atoms with Crippen LogP contribution in [0.25, 0.3) is 0 Å². The van der Waals surface area contributed by atoms with Gasteiger partial charge in [-0.2, -0.15) is 0 Å². The summed E-state index contributed by atoms with van der Waals surface area (Å²) in [5.74, 6) is 1.63. The van der Waals surface area contributed by atoms with E-state index in [-0.39, 0.29) is 5.91 Å². The Bertz CT molecular complexity index is 1060. The first-order valence-corrected chi connectivity index (χ1v) is 12.8. The van der Waals surface area contributed by atoms with Gasteiger partial charge in [-0.25, -0.2) is 0 Å². The maximum atomic E-state index is 13.4. The highest BCUT2D eigenvalue weighted by Gasteiger charge is 2.38. The van der Waals surface area contributed by atoms with Crippen LogP contribution in [0.1, 0.15) is 46.2 Å². The molecule has 2 aliphatic rings. The van der Waals surface area contributed by atoms with Crippen molar-refractivity contribution in [3.05, 3.63) is 106 Å². The second-order valence-electron chi connectivity index (χ2n) is 9.45. The molecule has 5 rings (SSSR count). The topological polar surface area (TPSA) is 23.6 Å². The number of halogens is 1. The number of amides is 1. The molecule has 2 unspecified atom stereocenters. The average molecular weight is 503 g/mol. The molecule has 3 aromatic carbocycles. The first-order valence-electron chi connectivity index (χ1n) is 12.0. The van der Waals surface area contributed by atoms with Crippen molar-refractivity contribution in [2.75, 3.05) is 32.7 Å². The highest BCUT2D eigenvalue weighted by Crippen LogP contribution is 2.36. The fourth-order valence-corrected chi connectivity index (χ4v) is 6.07. The lowest BCUT2D eigenvalue weighted by atomic mass is 9.86. The summed E-state index contributed by atoms with van der Waals surface area (Å²) in [5.41, 5.74) is 3.59. The third-order valence-electron chi connectivity index (χ3n) is 7.41. The largest absolute Gasteiger partial charge is 0.338 e. The number of carbonyl (C=O) groups is 1. The van der Waals surface area contributed by atoms with Crippen molar-refractivity contribution in [1.29, 1.82) is 0 Å². The van der Waals surface area contributed by atoms with Crippen molar-refractivity contribution in [3.8, 4) is 0 Å².